The van der Waals surface area contributed by atoms with Crippen molar-refractivity contribution in [3.05, 3.63) is 4.88 Å². The first-order valence-electron chi connectivity index (χ1n) is 7.17. The number of hydrogen-bond acceptors (Lipinski definition) is 7. The minimum atomic E-state index is -0.144. The Morgan fingerprint density at radius 2 is 2.24 bits per heavy atom. The molecule has 8 heteroatoms. The molecule has 3 N–H and O–H groups in total. The lowest BCUT2D eigenvalue weighted by Crippen LogP contribution is -2.36. The number of morpholine rings is 1. The highest BCUT2D eigenvalue weighted by molar-refractivity contribution is 7.18. The second-order valence-corrected chi connectivity index (χ2v) is 5.94. The first kappa shape index (κ1) is 16.0. The maximum atomic E-state index is 12.1. The molecule has 1 aromatic rings. The monoisotopic (exact) mass is 313 g/mol. The van der Waals surface area contributed by atoms with Crippen LogP contribution in [0.1, 0.15) is 16.6 Å². The van der Waals surface area contributed by atoms with E-state index in [2.05, 4.69) is 27.0 Å². The average Bonchev–Trinajstić information content (AvgIpc) is 2.90. The summed E-state index contributed by atoms with van der Waals surface area (Å²) in [5, 5.41) is 3.69. The predicted octanol–water partition coefficient (Wildman–Crippen LogP) is 0.243. The summed E-state index contributed by atoms with van der Waals surface area (Å²) >= 11 is 1.35. The van der Waals surface area contributed by atoms with Crippen molar-refractivity contribution in [2.45, 2.75) is 6.92 Å². The number of anilines is 2. The van der Waals surface area contributed by atoms with Crippen molar-refractivity contribution in [2.75, 3.05) is 63.6 Å². The van der Waals surface area contributed by atoms with E-state index in [0.717, 1.165) is 31.3 Å². The van der Waals surface area contributed by atoms with E-state index in [1.165, 1.54) is 11.3 Å². The third kappa shape index (κ3) is 4.29. The molecule has 2 rings (SSSR count). The van der Waals surface area contributed by atoms with Crippen LogP contribution in [0.2, 0.25) is 0 Å². The predicted molar refractivity (Wildman–Crippen MR) is 85.1 cm³/mol. The van der Waals surface area contributed by atoms with E-state index >= 15 is 0 Å². The molecule has 1 saturated heterocycles. The van der Waals surface area contributed by atoms with Gasteiger partial charge in [-0.2, -0.15) is 0 Å². The highest BCUT2D eigenvalue weighted by Gasteiger charge is 2.20. The van der Waals surface area contributed by atoms with Gasteiger partial charge < -0.3 is 25.6 Å². The lowest BCUT2D eigenvalue weighted by Gasteiger charge is -2.25. The van der Waals surface area contributed by atoms with Crippen LogP contribution in [0.5, 0.6) is 0 Å². The van der Waals surface area contributed by atoms with Crippen LogP contribution in [-0.2, 0) is 4.74 Å². The van der Waals surface area contributed by atoms with Gasteiger partial charge in [0.05, 0.1) is 13.2 Å². The van der Waals surface area contributed by atoms with E-state index < -0.39 is 0 Å². The Hall–Kier alpha value is -1.38. The van der Waals surface area contributed by atoms with E-state index in [4.69, 9.17) is 10.5 Å². The molecular weight excluding hydrogens is 290 g/mol. The molecule has 0 aromatic carbocycles. The van der Waals surface area contributed by atoms with Gasteiger partial charge in [0, 0.05) is 26.2 Å². The van der Waals surface area contributed by atoms with Gasteiger partial charge in [-0.1, -0.05) is 18.3 Å². The first-order valence-corrected chi connectivity index (χ1v) is 7.99. The zero-order valence-corrected chi connectivity index (χ0v) is 13.4. The fourth-order valence-electron chi connectivity index (χ4n) is 1.97. The number of thiazole rings is 1. The van der Waals surface area contributed by atoms with Crippen molar-refractivity contribution in [3.8, 4) is 0 Å². The van der Waals surface area contributed by atoms with Crippen LogP contribution in [0.4, 0.5) is 10.9 Å². The van der Waals surface area contributed by atoms with Gasteiger partial charge in [0.25, 0.3) is 5.91 Å². The fourth-order valence-corrected chi connectivity index (χ4v) is 2.92. The zero-order chi connectivity index (χ0) is 15.2. The van der Waals surface area contributed by atoms with Gasteiger partial charge in [-0.3, -0.25) is 4.79 Å². The van der Waals surface area contributed by atoms with Gasteiger partial charge in [-0.15, -0.1) is 0 Å². The number of hydrogen-bond donors (Lipinski definition) is 2. The largest absolute Gasteiger partial charge is 0.382 e. The van der Waals surface area contributed by atoms with Crippen LogP contribution >= 0.6 is 11.3 Å². The number of carbonyl (C=O) groups is 1. The smallest absolute Gasteiger partial charge is 0.265 e. The van der Waals surface area contributed by atoms with E-state index in [9.17, 15) is 4.79 Å². The number of likely N-dealkylation sites (N-methyl/N-ethyl adjacent to an activating group) is 1. The van der Waals surface area contributed by atoms with Crippen molar-refractivity contribution in [1.82, 2.24) is 15.2 Å². The third-order valence-electron chi connectivity index (χ3n) is 3.45. The highest BCUT2D eigenvalue weighted by atomic mass is 32.1. The van der Waals surface area contributed by atoms with Crippen LogP contribution in [0, 0.1) is 0 Å². The summed E-state index contributed by atoms with van der Waals surface area (Å²) in [5.74, 6) is 0.164. The van der Waals surface area contributed by atoms with Gasteiger partial charge in [-0.05, 0) is 13.6 Å². The molecule has 21 heavy (non-hydrogen) atoms. The van der Waals surface area contributed by atoms with Crippen LogP contribution in [-0.4, -0.2) is 68.8 Å². The Morgan fingerprint density at radius 1 is 1.52 bits per heavy atom. The number of amides is 1. The number of aromatic nitrogens is 1. The minimum absolute atomic E-state index is 0.144. The Balaban J connectivity index is 1.93. The molecule has 1 aromatic heterocycles. The number of rotatable bonds is 6. The number of nitrogen functional groups attached to an aromatic ring is 1. The normalized spacial score (nSPS) is 15.5. The number of ether oxygens (including phenoxy) is 1. The fraction of sp³-hybridized carbons (Fsp3) is 0.692. The molecule has 2 heterocycles. The Bertz CT molecular complexity index is 473. The molecule has 0 unspecified atom stereocenters. The van der Waals surface area contributed by atoms with Crippen molar-refractivity contribution in [2.24, 2.45) is 0 Å². The van der Waals surface area contributed by atoms with Gasteiger partial charge in [0.15, 0.2) is 5.13 Å². The SMILES string of the molecule is CCN(C)CCNC(=O)c1sc(N2CCOCC2)nc1N. The van der Waals surface area contributed by atoms with Crippen LogP contribution in [0.15, 0.2) is 0 Å². The summed E-state index contributed by atoms with van der Waals surface area (Å²) in [4.78, 5) is 21.2. The molecule has 1 aliphatic heterocycles. The van der Waals surface area contributed by atoms with E-state index in [1.54, 1.807) is 0 Å². The van der Waals surface area contributed by atoms with E-state index in [-0.39, 0.29) is 5.91 Å². The Labute approximate surface area is 129 Å². The van der Waals surface area contributed by atoms with Crippen molar-refractivity contribution >= 4 is 28.2 Å². The Kier molecular flexibility index (Phi) is 5.77. The summed E-state index contributed by atoms with van der Waals surface area (Å²) in [6, 6.07) is 0. The number of nitrogens with two attached hydrogens (primary N) is 1. The molecule has 1 fully saturated rings. The van der Waals surface area contributed by atoms with Crippen molar-refractivity contribution < 1.29 is 9.53 Å². The van der Waals surface area contributed by atoms with Crippen LogP contribution < -0.4 is 16.0 Å². The van der Waals surface area contributed by atoms with Crippen LogP contribution in [0.25, 0.3) is 0 Å². The molecule has 0 aliphatic carbocycles. The van der Waals surface area contributed by atoms with Crippen LogP contribution in [0.3, 0.4) is 0 Å². The molecular formula is C13H23N5O2S. The molecule has 0 saturated carbocycles. The molecule has 1 aliphatic rings. The summed E-state index contributed by atoms with van der Waals surface area (Å²) in [6.45, 7) is 7.40. The molecule has 7 nitrogen and oxygen atoms in total. The lowest BCUT2D eigenvalue weighted by atomic mass is 10.4. The van der Waals surface area contributed by atoms with Crippen molar-refractivity contribution in [3.63, 3.8) is 0 Å². The second kappa shape index (κ2) is 7.58. The van der Waals surface area contributed by atoms with Gasteiger partial charge in [-0.25, -0.2) is 4.98 Å². The quantitative estimate of drug-likeness (QED) is 0.783. The number of nitrogens with one attached hydrogen (secondary N) is 1. The topological polar surface area (TPSA) is 83.7 Å². The van der Waals surface area contributed by atoms with Gasteiger partial charge >= 0.3 is 0 Å². The van der Waals surface area contributed by atoms with Gasteiger partial charge in [0.2, 0.25) is 0 Å². The standard InChI is InChI=1S/C13H23N5O2S/c1-3-17(2)5-4-15-12(19)10-11(14)16-13(21-10)18-6-8-20-9-7-18/h3-9,14H2,1-2H3,(H,15,19). The molecule has 0 spiro atoms. The first-order chi connectivity index (χ1) is 10.1. The maximum Gasteiger partial charge on any atom is 0.265 e. The number of carbonyl (C=O) groups excluding carboxylic acids is 1. The molecule has 0 bridgehead atoms. The summed E-state index contributed by atoms with van der Waals surface area (Å²) < 4.78 is 5.31. The second-order valence-electron chi connectivity index (χ2n) is 4.96. The maximum absolute atomic E-state index is 12.1. The molecule has 0 radical (unpaired) electrons. The van der Waals surface area contributed by atoms with E-state index in [0.29, 0.717) is 30.5 Å². The summed E-state index contributed by atoms with van der Waals surface area (Å²) in [5.41, 5.74) is 5.88. The summed E-state index contributed by atoms with van der Waals surface area (Å²) in [7, 11) is 2.02. The van der Waals surface area contributed by atoms with Crippen molar-refractivity contribution in [1.29, 1.82) is 0 Å². The summed E-state index contributed by atoms with van der Waals surface area (Å²) in [6.07, 6.45) is 0. The third-order valence-corrected chi connectivity index (χ3v) is 4.58. The zero-order valence-electron chi connectivity index (χ0n) is 12.6. The Morgan fingerprint density at radius 3 is 2.90 bits per heavy atom. The molecule has 1 amide bonds. The van der Waals surface area contributed by atoms with Gasteiger partial charge in [0.1, 0.15) is 10.7 Å². The lowest BCUT2D eigenvalue weighted by molar-refractivity contribution is 0.0955. The van der Waals surface area contributed by atoms with E-state index in [1.807, 2.05) is 7.05 Å². The average molecular weight is 313 g/mol. The number of nitrogens with zero attached hydrogens (tertiary/aromatic N) is 3. The minimum Gasteiger partial charge on any atom is -0.382 e. The highest BCUT2D eigenvalue weighted by Crippen LogP contribution is 2.28. The molecule has 118 valence electrons. The molecule has 0 atom stereocenters.